The summed E-state index contributed by atoms with van der Waals surface area (Å²) in [6.45, 7) is 0.295. The second-order valence-electron chi connectivity index (χ2n) is 5.37. The van der Waals surface area contributed by atoms with E-state index in [0.29, 0.717) is 17.7 Å². The van der Waals surface area contributed by atoms with E-state index in [9.17, 15) is 8.42 Å². The van der Waals surface area contributed by atoms with Crippen LogP contribution in [0, 0.1) is 11.3 Å². The lowest BCUT2D eigenvalue weighted by Gasteiger charge is -2.25. The first kappa shape index (κ1) is 17.9. The quantitative estimate of drug-likeness (QED) is 0.713. The Labute approximate surface area is 155 Å². The number of anilines is 1. The summed E-state index contributed by atoms with van der Waals surface area (Å²) < 4.78 is 25.0. The van der Waals surface area contributed by atoms with Gasteiger partial charge in [0, 0.05) is 0 Å². The van der Waals surface area contributed by atoms with Gasteiger partial charge in [-0.2, -0.15) is 5.26 Å². The fraction of sp³-hybridized carbons (Fsp3) is 0.0625. The van der Waals surface area contributed by atoms with Crippen LogP contribution in [0.15, 0.2) is 60.0 Å². The molecule has 8 nitrogen and oxygen atoms in total. The maximum Gasteiger partial charge on any atom is 0.239 e. The highest BCUT2D eigenvalue weighted by molar-refractivity contribution is 7.89. The monoisotopic (exact) mass is 388 g/mol. The Balaban J connectivity index is 2.01. The molecule has 132 valence electrons. The number of sulfonamides is 1. The van der Waals surface area contributed by atoms with Crippen molar-refractivity contribution in [2.45, 2.75) is 11.4 Å². The van der Waals surface area contributed by atoms with Crippen LogP contribution in [0.1, 0.15) is 11.1 Å². The van der Waals surface area contributed by atoms with Crippen molar-refractivity contribution in [3.8, 4) is 6.07 Å². The summed E-state index contributed by atoms with van der Waals surface area (Å²) in [6, 6.07) is 13.6. The van der Waals surface area contributed by atoms with Crippen molar-refractivity contribution in [3.63, 3.8) is 0 Å². The van der Waals surface area contributed by atoms with Crippen molar-refractivity contribution in [1.29, 1.82) is 5.26 Å². The minimum Gasteiger partial charge on any atom is -0.274 e. The highest BCUT2D eigenvalue weighted by atomic mass is 35.5. The number of nitrogens with two attached hydrogens (primary N) is 1. The number of aromatic nitrogens is 3. The van der Waals surface area contributed by atoms with Gasteiger partial charge in [0.2, 0.25) is 10.0 Å². The van der Waals surface area contributed by atoms with Crippen molar-refractivity contribution < 1.29 is 8.42 Å². The van der Waals surface area contributed by atoms with Gasteiger partial charge in [0.15, 0.2) is 0 Å². The van der Waals surface area contributed by atoms with Crippen LogP contribution in [0.4, 0.5) is 5.69 Å². The van der Waals surface area contributed by atoms with Crippen LogP contribution < -0.4 is 10.1 Å². The highest BCUT2D eigenvalue weighted by Crippen LogP contribution is 2.24. The van der Waals surface area contributed by atoms with Crippen molar-refractivity contribution in [1.82, 2.24) is 14.9 Å². The molecule has 0 bridgehead atoms. The molecular formula is C16H13ClN6O2S. The number of primary sulfonamides is 1. The van der Waals surface area contributed by atoms with Gasteiger partial charge in [-0.05, 0) is 42.0 Å². The summed E-state index contributed by atoms with van der Waals surface area (Å²) in [6.07, 6.45) is 3.02. The molecule has 0 saturated heterocycles. The molecule has 3 rings (SSSR count). The molecule has 0 aliphatic rings. The number of nitriles is 1. The van der Waals surface area contributed by atoms with E-state index in [4.69, 9.17) is 22.0 Å². The molecule has 0 radical (unpaired) electrons. The predicted molar refractivity (Wildman–Crippen MR) is 95.6 cm³/mol. The Bertz CT molecular complexity index is 1060. The van der Waals surface area contributed by atoms with Gasteiger partial charge in [-0.1, -0.05) is 17.7 Å². The molecule has 10 heteroatoms. The molecule has 26 heavy (non-hydrogen) atoms. The summed E-state index contributed by atoms with van der Waals surface area (Å²) in [4.78, 5) is -0.139. The zero-order valence-corrected chi connectivity index (χ0v) is 14.9. The summed E-state index contributed by atoms with van der Waals surface area (Å²) in [5.74, 6) is 0. The number of rotatable bonds is 5. The molecule has 3 aromatic rings. The number of nitrogens with zero attached hydrogens (tertiary/aromatic N) is 5. The van der Waals surface area contributed by atoms with Gasteiger partial charge in [-0.3, -0.25) is 5.01 Å². The third-order valence-corrected chi connectivity index (χ3v) is 5.01. The second-order valence-corrected chi connectivity index (χ2v) is 7.31. The number of halogens is 1. The lowest BCUT2D eigenvalue weighted by Crippen LogP contribution is -2.28. The van der Waals surface area contributed by atoms with Crippen LogP contribution in [-0.4, -0.2) is 23.3 Å². The zero-order chi connectivity index (χ0) is 18.7. The summed E-state index contributed by atoms with van der Waals surface area (Å²) >= 11 is 5.94. The Hall–Kier alpha value is -2.93. The minimum absolute atomic E-state index is 0.0606. The molecule has 0 aliphatic heterocycles. The average Bonchev–Trinajstić information content (AvgIpc) is 3.14. The molecule has 0 aliphatic carbocycles. The average molecular weight is 389 g/mol. The fourth-order valence-corrected chi connectivity index (χ4v) is 3.47. The molecule has 2 N–H and O–H groups in total. The van der Waals surface area contributed by atoms with Gasteiger partial charge in [-0.25, -0.2) is 18.2 Å². The Morgan fingerprint density at radius 3 is 2.38 bits per heavy atom. The molecule has 0 unspecified atom stereocenters. The van der Waals surface area contributed by atoms with Crippen LogP contribution in [0.25, 0.3) is 0 Å². The van der Waals surface area contributed by atoms with E-state index in [-0.39, 0.29) is 9.92 Å². The first-order chi connectivity index (χ1) is 12.4. The second kappa shape index (κ2) is 7.13. The molecule has 1 aromatic heterocycles. The van der Waals surface area contributed by atoms with Gasteiger partial charge in [0.25, 0.3) is 0 Å². The maximum atomic E-state index is 11.7. The lowest BCUT2D eigenvalue weighted by atomic mass is 10.2. The van der Waals surface area contributed by atoms with Crippen LogP contribution in [0.3, 0.4) is 0 Å². The van der Waals surface area contributed by atoms with Crippen molar-refractivity contribution in [2.24, 2.45) is 5.14 Å². The molecule has 0 spiro atoms. The maximum absolute atomic E-state index is 11.7. The molecule has 2 aromatic carbocycles. The van der Waals surface area contributed by atoms with E-state index in [1.165, 1.54) is 24.8 Å². The topological polar surface area (TPSA) is 118 Å². The van der Waals surface area contributed by atoms with Gasteiger partial charge < -0.3 is 0 Å². The van der Waals surface area contributed by atoms with E-state index in [1.54, 1.807) is 40.0 Å². The zero-order valence-electron chi connectivity index (χ0n) is 13.3. The van der Waals surface area contributed by atoms with Crippen molar-refractivity contribution in [3.05, 3.63) is 71.3 Å². The van der Waals surface area contributed by atoms with Gasteiger partial charge >= 0.3 is 0 Å². The lowest BCUT2D eigenvalue weighted by molar-refractivity contribution is 0.597. The smallest absolute Gasteiger partial charge is 0.239 e. The van der Waals surface area contributed by atoms with Gasteiger partial charge in [0.1, 0.15) is 17.6 Å². The molecular weight excluding hydrogens is 376 g/mol. The fourth-order valence-electron chi connectivity index (χ4n) is 2.37. The largest absolute Gasteiger partial charge is 0.274 e. The van der Waals surface area contributed by atoms with E-state index >= 15 is 0 Å². The molecule has 0 fully saturated rings. The molecule has 1 heterocycles. The summed E-state index contributed by atoms with van der Waals surface area (Å²) in [5.41, 5.74) is 1.95. The first-order valence-corrected chi connectivity index (χ1v) is 9.25. The van der Waals surface area contributed by atoms with E-state index in [1.807, 2.05) is 0 Å². The van der Waals surface area contributed by atoms with Crippen LogP contribution in [0.2, 0.25) is 5.02 Å². The van der Waals surface area contributed by atoms with Crippen LogP contribution in [0.5, 0.6) is 0 Å². The third kappa shape index (κ3) is 3.83. The van der Waals surface area contributed by atoms with Gasteiger partial charge in [-0.15, -0.1) is 10.2 Å². The third-order valence-electron chi connectivity index (χ3n) is 3.61. The SMILES string of the molecule is N#Cc1ccc(N(Cc2ccc(Cl)c(S(N)(=O)=O)c2)n2cnnc2)cc1. The van der Waals surface area contributed by atoms with Crippen molar-refractivity contribution >= 4 is 27.3 Å². The first-order valence-electron chi connectivity index (χ1n) is 7.32. The Morgan fingerprint density at radius 2 is 1.81 bits per heavy atom. The van der Waals surface area contributed by atoms with E-state index in [2.05, 4.69) is 16.3 Å². The number of hydrogen-bond acceptors (Lipinski definition) is 6. The Morgan fingerprint density at radius 1 is 1.15 bits per heavy atom. The van der Waals surface area contributed by atoms with Gasteiger partial charge in [0.05, 0.1) is 28.9 Å². The van der Waals surface area contributed by atoms with Crippen LogP contribution >= 0.6 is 11.6 Å². The van der Waals surface area contributed by atoms with Crippen molar-refractivity contribution in [2.75, 3.05) is 5.01 Å². The van der Waals surface area contributed by atoms with Crippen LogP contribution in [-0.2, 0) is 16.6 Å². The Kier molecular flexibility index (Phi) is 4.90. The van der Waals surface area contributed by atoms with E-state index in [0.717, 1.165) is 5.69 Å². The highest BCUT2D eigenvalue weighted by Gasteiger charge is 2.16. The number of hydrogen-bond donors (Lipinski definition) is 1. The summed E-state index contributed by atoms with van der Waals surface area (Å²) in [5, 5.41) is 23.6. The molecule has 0 atom stereocenters. The normalized spacial score (nSPS) is 11.1. The predicted octanol–water partition coefficient (Wildman–Crippen LogP) is 1.92. The van der Waals surface area contributed by atoms with E-state index < -0.39 is 10.0 Å². The minimum atomic E-state index is -3.94. The number of benzene rings is 2. The standard InChI is InChI=1S/C16H13ClN6O2S/c17-15-6-3-13(7-16(15)26(19,24)25)9-23(22-10-20-21-11-22)14-4-1-12(8-18)2-5-14/h1-7,10-11H,9H2,(H2,19,24,25). The molecule has 0 saturated carbocycles. The molecule has 0 amide bonds. The summed E-state index contributed by atoms with van der Waals surface area (Å²) in [7, 11) is -3.94.